The largest absolute Gasteiger partial charge is 0.396 e. The molecular weight excluding hydrogens is 256 g/mol. The van der Waals surface area contributed by atoms with Gasteiger partial charge >= 0.3 is 0 Å². The van der Waals surface area contributed by atoms with Crippen LogP contribution in [-0.4, -0.2) is 6.04 Å². The third-order valence-corrected chi connectivity index (χ3v) is 4.08. The highest BCUT2D eigenvalue weighted by atomic mass is 32.1. The molecule has 0 bridgehead atoms. The van der Waals surface area contributed by atoms with Crippen LogP contribution in [0, 0.1) is 22.7 Å². The number of nitrogens with two attached hydrogens (primary N) is 1. The van der Waals surface area contributed by atoms with Crippen molar-refractivity contribution >= 4 is 22.0 Å². The van der Waals surface area contributed by atoms with E-state index < -0.39 is 0 Å². The van der Waals surface area contributed by atoms with Gasteiger partial charge in [-0.25, -0.2) is 0 Å². The minimum absolute atomic E-state index is 0.309. The maximum absolute atomic E-state index is 9.15. The van der Waals surface area contributed by atoms with E-state index in [1.807, 2.05) is 6.07 Å². The normalized spacial score (nSPS) is 11.6. The zero-order valence-electron chi connectivity index (χ0n) is 11.5. The van der Waals surface area contributed by atoms with E-state index in [0.29, 0.717) is 22.2 Å². The van der Waals surface area contributed by atoms with Crippen molar-refractivity contribution in [2.24, 2.45) is 0 Å². The molecule has 0 saturated carbocycles. The average molecular weight is 276 g/mol. The first-order chi connectivity index (χ1) is 9.17. The summed E-state index contributed by atoms with van der Waals surface area (Å²) in [6.07, 6.45) is 5.54. The summed E-state index contributed by atoms with van der Waals surface area (Å²) in [5.74, 6) is 0. The van der Waals surface area contributed by atoms with Crippen LogP contribution in [0.1, 0.15) is 56.4 Å². The van der Waals surface area contributed by atoms with Crippen LogP contribution in [0.25, 0.3) is 0 Å². The SMILES string of the molecule is CCCCC(CCC)Nc1sc(C#N)c(N)c1C#N. The lowest BCUT2D eigenvalue weighted by Crippen LogP contribution is -2.19. The molecule has 19 heavy (non-hydrogen) atoms. The summed E-state index contributed by atoms with van der Waals surface area (Å²) in [4.78, 5) is 0.421. The minimum atomic E-state index is 0.309. The third kappa shape index (κ3) is 3.87. The van der Waals surface area contributed by atoms with Gasteiger partial charge in [0.2, 0.25) is 0 Å². The van der Waals surface area contributed by atoms with Gasteiger partial charge in [0, 0.05) is 6.04 Å². The van der Waals surface area contributed by atoms with Crippen molar-refractivity contribution in [3.63, 3.8) is 0 Å². The van der Waals surface area contributed by atoms with Gasteiger partial charge in [0.05, 0.1) is 5.69 Å². The average Bonchev–Trinajstić information content (AvgIpc) is 2.71. The standard InChI is InChI=1S/C14H20N4S/c1-3-5-7-10(6-4-2)18-14-11(8-15)13(17)12(9-16)19-14/h10,18H,3-7,17H2,1-2H3. The van der Waals surface area contributed by atoms with Crippen LogP contribution in [0.2, 0.25) is 0 Å². The molecular formula is C14H20N4S. The van der Waals surface area contributed by atoms with Crippen LogP contribution >= 0.6 is 11.3 Å². The maximum atomic E-state index is 9.15. The van der Waals surface area contributed by atoms with Crippen molar-refractivity contribution < 1.29 is 0 Å². The molecule has 0 aliphatic rings. The summed E-state index contributed by atoms with van der Waals surface area (Å²) in [6, 6.07) is 4.48. The maximum Gasteiger partial charge on any atom is 0.131 e. The second kappa shape index (κ2) is 7.66. The summed E-state index contributed by atoms with van der Waals surface area (Å²) < 4.78 is 0. The Balaban J connectivity index is 2.90. The fourth-order valence-electron chi connectivity index (χ4n) is 2.01. The molecule has 1 aromatic heterocycles. The van der Waals surface area contributed by atoms with Gasteiger partial charge < -0.3 is 11.1 Å². The topological polar surface area (TPSA) is 85.6 Å². The lowest BCUT2D eigenvalue weighted by atomic mass is 10.1. The van der Waals surface area contributed by atoms with Crippen LogP contribution in [0.5, 0.6) is 0 Å². The molecule has 4 nitrogen and oxygen atoms in total. The molecule has 102 valence electrons. The van der Waals surface area contributed by atoms with E-state index in [-0.39, 0.29) is 0 Å². The van der Waals surface area contributed by atoms with E-state index in [2.05, 4.69) is 25.2 Å². The number of nitrogens with zero attached hydrogens (tertiary/aromatic N) is 2. The van der Waals surface area contributed by atoms with E-state index in [4.69, 9.17) is 16.3 Å². The summed E-state index contributed by atoms with van der Waals surface area (Å²) in [6.45, 7) is 4.32. The zero-order valence-corrected chi connectivity index (χ0v) is 12.3. The van der Waals surface area contributed by atoms with Crippen LogP contribution in [0.15, 0.2) is 0 Å². The predicted molar refractivity (Wildman–Crippen MR) is 80.0 cm³/mol. The number of nitriles is 2. The lowest BCUT2D eigenvalue weighted by molar-refractivity contribution is 0.565. The summed E-state index contributed by atoms with van der Waals surface area (Å²) in [5.41, 5.74) is 6.52. The molecule has 0 aliphatic heterocycles. The first-order valence-corrected chi connectivity index (χ1v) is 7.48. The van der Waals surface area contributed by atoms with Gasteiger partial charge in [-0.05, 0) is 12.8 Å². The Bertz CT molecular complexity index is 493. The summed E-state index contributed by atoms with van der Waals surface area (Å²) in [7, 11) is 0. The van der Waals surface area contributed by atoms with Crippen molar-refractivity contribution in [3.8, 4) is 12.1 Å². The van der Waals surface area contributed by atoms with Crippen molar-refractivity contribution in [3.05, 3.63) is 10.4 Å². The minimum Gasteiger partial charge on any atom is -0.396 e. The number of thiophene rings is 1. The quantitative estimate of drug-likeness (QED) is 0.792. The second-order valence-corrected chi connectivity index (χ2v) is 5.57. The predicted octanol–water partition coefficient (Wildman–Crippen LogP) is 3.84. The fourth-order valence-corrected chi connectivity index (χ4v) is 2.96. The van der Waals surface area contributed by atoms with E-state index in [9.17, 15) is 0 Å². The molecule has 0 fully saturated rings. The van der Waals surface area contributed by atoms with Gasteiger partial charge in [-0.2, -0.15) is 10.5 Å². The van der Waals surface area contributed by atoms with Crippen LogP contribution in [0.4, 0.5) is 10.7 Å². The molecule has 0 saturated heterocycles. The van der Waals surface area contributed by atoms with Gasteiger partial charge in [0.15, 0.2) is 0 Å². The third-order valence-electron chi connectivity index (χ3n) is 3.04. The molecule has 0 radical (unpaired) electrons. The second-order valence-electron chi connectivity index (χ2n) is 4.54. The Labute approximate surface area is 118 Å². The number of rotatable bonds is 7. The Kier molecular flexibility index (Phi) is 6.18. The van der Waals surface area contributed by atoms with Crippen molar-refractivity contribution in [2.45, 2.75) is 52.0 Å². The molecule has 1 unspecified atom stereocenters. The summed E-state index contributed by atoms with van der Waals surface area (Å²) >= 11 is 1.28. The van der Waals surface area contributed by atoms with E-state index >= 15 is 0 Å². The fraction of sp³-hybridized carbons (Fsp3) is 0.571. The lowest BCUT2D eigenvalue weighted by Gasteiger charge is -2.18. The van der Waals surface area contributed by atoms with Crippen LogP contribution in [-0.2, 0) is 0 Å². The molecule has 1 heterocycles. The molecule has 1 atom stereocenters. The van der Waals surface area contributed by atoms with Gasteiger partial charge in [0.1, 0.15) is 27.6 Å². The highest BCUT2D eigenvalue weighted by Gasteiger charge is 2.18. The molecule has 0 aliphatic carbocycles. The van der Waals surface area contributed by atoms with Crippen LogP contribution < -0.4 is 11.1 Å². The van der Waals surface area contributed by atoms with Gasteiger partial charge in [0.25, 0.3) is 0 Å². The number of nitrogens with one attached hydrogen (secondary N) is 1. The Morgan fingerprint density at radius 1 is 1.21 bits per heavy atom. The first-order valence-electron chi connectivity index (χ1n) is 6.66. The number of hydrogen-bond acceptors (Lipinski definition) is 5. The van der Waals surface area contributed by atoms with Crippen LogP contribution in [0.3, 0.4) is 0 Å². The van der Waals surface area contributed by atoms with Gasteiger partial charge in [-0.15, -0.1) is 11.3 Å². The Morgan fingerprint density at radius 2 is 1.95 bits per heavy atom. The smallest absolute Gasteiger partial charge is 0.131 e. The van der Waals surface area contributed by atoms with E-state index in [1.165, 1.54) is 11.3 Å². The Morgan fingerprint density at radius 3 is 2.47 bits per heavy atom. The molecule has 0 aromatic carbocycles. The molecule has 0 amide bonds. The van der Waals surface area contributed by atoms with Crippen molar-refractivity contribution in [1.82, 2.24) is 0 Å². The molecule has 3 N–H and O–H groups in total. The summed E-state index contributed by atoms with van der Waals surface area (Å²) in [5, 5.41) is 22.3. The highest BCUT2D eigenvalue weighted by molar-refractivity contribution is 7.17. The Hall–Kier alpha value is -1.72. The number of unbranched alkanes of at least 4 members (excludes halogenated alkanes) is 1. The number of nitrogen functional groups attached to an aromatic ring is 1. The molecule has 1 rings (SSSR count). The molecule has 1 aromatic rings. The van der Waals surface area contributed by atoms with Gasteiger partial charge in [-0.1, -0.05) is 33.1 Å². The molecule has 0 spiro atoms. The van der Waals surface area contributed by atoms with Crippen molar-refractivity contribution in [1.29, 1.82) is 10.5 Å². The zero-order chi connectivity index (χ0) is 14.3. The molecule has 5 heteroatoms. The monoisotopic (exact) mass is 276 g/mol. The van der Waals surface area contributed by atoms with Gasteiger partial charge in [-0.3, -0.25) is 0 Å². The number of hydrogen-bond donors (Lipinski definition) is 2. The van der Waals surface area contributed by atoms with E-state index in [0.717, 1.165) is 37.1 Å². The van der Waals surface area contributed by atoms with Crippen molar-refractivity contribution in [2.75, 3.05) is 11.1 Å². The first kappa shape index (κ1) is 15.3. The number of anilines is 2. The van der Waals surface area contributed by atoms with E-state index in [1.54, 1.807) is 0 Å². The highest BCUT2D eigenvalue weighted by Crippen LogP contribution is 2.35.